The van der Waals surface area contributed by atoms with E-state index in [1.165, 1.54) is 18.4 Å². The highest BCUT2D eigenvalue weighted by molar-refractivity contribution is 14.0. The fourth-order valence-electron chi connectivity index (χ4n) is 3.89. The van der Waals surface area contributed by atoms with Crippen molar-refractivity contribution in [3.63, 3.8) is 0 Å². The summed E-state index contributed by atoms with van der Waals surface area (Å²) in [6, 6.07) is 4.24. The van der Waals surface area contributed by atoms with Crippen molar-refractivity contribution in [2.45, 2.75) is 39.3 Å². The number of ether oxygens (including phenoxy) is 1. The average molecular weight is 516 g/mol. The lowest BCUT2D eigenvalue weighted by Gasteiger charge is -2.34. The maximum atomic E-state index is 5.92. The lowest BCUT2D eigenvalue weighted by atomic mass is 10.2. The molecule has 0 aromatic carbocycles. The van der Waals surface area contributed by atoms with Crippen LogP contribution in [-0.2, 0) is 11.3 Å². The Kier molecular flexibility index (Phi) is 10.4. The SMILES string of the molecule is CN=C(NCc1ccnc(N2CCCC2)c1)NCC1CN(CC(C)C)CCO1.I. The first-order valence-electron chi connectivity index (χ1n) is 10.6. The molecule has 0 amide bonds. The molecule has 8 heteroatoms. The summed E-state index contributed by atoms with van der Waals surface area (Å²) in [5.74, 6) is 2.58. The van der Waals surface area contributed by atoms with Crippen LogP contribution in [0.3, 0.4) is 0 Å². The number of hydrogen-bond acceptors (Lipinski definition) is 5. The topological polar surface area (TPSA) is 65.0 Å². The maximum absolute atomic E-state index is 5.92. The van der Waals surface area contributed by atoms with E-state index in [9.17, 15) is 0 Å². The van der Waals surface area contributed by atoms with Gasteiger partial charge in [0.25, 0.3) is 0 Å². The van der Waals surface area contributed by atoms with Crippen molar-refractivity contribution >= 4 is 35.8 Å². The Morgan fingerprint density at radius 3 is 2.79 bits per heavy atom. The molecule has 1 aromatic heterocycles. The molecule has 2 N–H and O–H groups in total. The standard InChI is InChI=1S/C21H36N6O.HI/c1-17(2)15-26-10-11-28-19(16-26)14-25-21(22-3)24-13-18-6-7-23-20(12-18)27-8-4-5-9-27;/h6-7,12,17,19H,4-5,8-11,13-16H2,1-3H3,(H2,22,24,25);1H. The van der Waals surface area contributed by atoms with Gasteiger partial charge in [-0.25, -0.2) is 4.98 Å². The molecule has 2 aliphatic heterocycles. The average Bonchev–Trinajstić information content (AvgIpc) is 3.23. The van der Waals surface area contributed by atoms with Crippen molar-refractivity contribution < 1.29 is 4.74 Å². The highest BCUT2D eigenvalue weighted by Crippen LogP contribution is 2.18. The number of rotatable bonds is 7. The lowest BCUT2D eigenvalue weighted by Crippen LogP contribution is -2.50. The van der Waals surface area contributed by atoms with Gasteiger partial charge < -0.3 is 20.3 Å². The number of hydrogen-bond donors (Lipinski definition) is 2. The van der Waals surface area contributed by atoms with Crippen LogP contribution in [0.25, 0.3) is 0 Å². The van der Waals surface area contributed by atoms with Crippen LogP contribution in [0, 0.1) is 5.92 Å². The molecule has 1 atom stereocenters. The van der Waals surface area contributed by atoms with Gasteiger partial charge in [0.05, 0.1) is 12.7 Å². The molecule has 0 spiro atoms. The smallest absolute Gasteiger partial charge is 0.191 e. The van der Waals surface area contributed by atoms with Gasteiger partial charge in [-0.05, 0) is 36.5 Å². The molecule has 0 bridgehead atoms. The second-order valence-electron chi connectivity index (χ2n) is 8.17. The number of aromatic nitrogens is 1. The first kappa shape index (κ1) is 24.1. The maximum Gasteiger partial charge on any atom is 0.191 e. The third-order valence-corrected chi connectivity index (χ3v) is 5.27. The Morgan fingerprint density at radius 2 is 2.07 bits per heavy atom. The zero-order valence-electron chi connectivity index (χ0n) is 18.1. The zero-order chi connectivity index (χ0) is 19.8. The van der Waals surface area contributed by atoms with Gasteiger partial charge in [0.15, 0.2) is 5.96 Å². The van der Waals surface area contributed by atoms with Crippen molar-refractivity contribution in [1.82, 2.24) is 20.5 Å². The molecule has 3 heterocycles. The molecule has 1 unspecified atom stereocenters. The van der Waals surface area contributed by atoms with Crippen molar-refractivity contribution in [1.29, 1.82) is 0 Å². The Labute approximate surface area is 192 Å². The highest BCUT2D eigenvalue weighted by atomic mass is 127. The second kappa shape index (κ2) is 12.5. The van der Waals surface area contributed by atoms with E-state index in [4.69, 9.17) is 4.74 Å². The molecule has 2 aliphatic rings. The first-order valence-corrected chi connectivity index (χ1v) is 10.6. The van der Waals surface area contributed by atoms with Crippen molar-refractivity contribution in [2.75, 3.05) is 57.8 Å². The Morgan fingerprint density at radius 1 is 1.28 bits per heavy atom. The van der Waals surface area contributed by atoms with E-state index in [1.54, 1.807) is 0 Å². The lowest BCUT2D eigenvalue weighted by molar-refractivity contribution is -0.0284. The highest BCUT2D eigenvalue weighted by Gasteiger charge is 2.21. The number of nitrogens with zero attached hydrogens (tertiary/aromatic N) is 4. The molecule has 7 nitrogen and oxygen atoms in total. The molecule has 0 saturated carbocycles. The molecular formula is C21H37IN6O. The minimum absolute atomic E-state index is 0. The Balaban J connectivity index is 0.00000300. The van der Waals surface area contributed by atoms with E-state index >= 15 is 0 Å². The van der Waals surface area contributed by atoms with Crippen molar-refractivity contribution in [3.8, 4) is 0 Å². The van der Waals surface area contributed by atoms with Crippen LogP contribution in [0.4, 0.5) is 5.82 Å². The number of morpholine rings is 1. The molecule has 0 radical (unpaired) electrons. The summed E-state index contributed by atoms with van der Waals surface area (Å²) in [4.78, 5) is 13.7. The van der Waals surface area contributed by atoms with Crippen LogP contribution >= 0.6 is 24.0 Å². The Bertz CT molecular complexity index is 635. The normalized spacial score (nSPS) is 20.6. The first-order chi connectivity index (χ1) is 13.6. The minimum atomic E-state index is 0. The van der Waals surface area contributed by atoms with Crippen LogP contribution in [0.5, 0.6) is 0 Å². The van der Waals surface area contributed by atoms with Gasteiger partial charge >= 0.3 is 0 Å². The fourth-order valence-corrected chi connectivity index (χ4v) is 3.89. The van der Waals surface area contributed by atoms with Crippen molar-refractivity contribution in [2.24, 2.45) is 10.9 Å². The van der Waals surface area contributed by atoms with Gasteiger partial charge in [-0.3, -0.25) is 9.89 Å². The van der Waals surface area contributed by atoms with Crippen LogP contribution in [0.2, 0.25) is 0 Å². The number of anilines is 1. The van der Waals surface area contributed by atoms with E-state index in [2.05, 4.69) is 56.4 Å². The molecule has 2 fully saturated rings. The van der Waals surface area contributed by atoms with Gasteiger partial charge in [-0.2, -0.15) is 0 Å². The van der Waals surface area contributed by atoms with Crippen LogP contribution < -0.4 is 15.5 Å². The molecule has 2 saturated heterocycles. The van der Waals surface area contributed by atoms with Crippen LogP contribution in [0.15, 0.2) is 23.3 Å². The number of guanidine groups is 1. The van der Waals surface area contributed by atoms with E-state index in [0.717, 1.165) is 64.2 Å². The molecule has 29 heavy (non-hydrogen) atoms. The summed E-state index contributed by atoms with van der Waals surface area (Å²) in [6.45, 7) is 12.2. The number of nitrogens with one attached hydrogen (secondary N) is 2. The van der Waals surface area contributed by atoms with E-state index < -0.39 is 0 Å². The van der Waals surface area contributed by atoms with Gasteiger partial charge in [0.2, 0.25) is 0 Å². The van der Waals surface area contributed by atoms with Crippen molar-refractivity contribution in [3.05, 3.63) is 23.9 Å². The minimum Gasteiger partial charge on any atom is -0.374 e. The summed E-state index contributed by atoms with van der Waals surface area (Å²) in [5.41, 5.74) is 1.22. The van der Waals surface area contributed by atoms with E-state index in [1.807, 2.05) is 13.2 Å². The largest absolute Gasteiger partial charge is 0.374 e. The van der Waals surface area contributed by atoms with Crippen LogP contribution in [0.1, 0.15) is 32.3 Å². The quantitative estimate of drug-likeness (QED) is 0.330. The summed E-state index contributed by atoms with van der Waals surface area (Å²) in [5, 5.41) is 6.82. The van der Waals surface area contributed by atoms with Gasteiger partial charge in [-0.1, -0.05) is 13.8 Å². The van der Waals surface area contributed by atoms with Crippen LogP contribution in [-0.4, -0.2) is 74.9 Å². The van der Waals surface area contributed by atoms with Gasteiger partial charge in [0, 0.05) is 59.1 Å². The molecular weight excluding hydrogens is 479 g/mol. The predicted molar refractivity (Wildman–Crippen MR) is 130 cm³/mol. The summed E-state index contributed by atoms with van der Waals surface area (Å²) in [6.07, 6.45) is 4.63. The van der Waals surface area contributed by atoms with Gasteiger partial charge in [0.1, 0.15) is 5.82 Å². The molecule has 0 aliphatic carbocycles. The number of halogens is 1. The molecule has 1 aromatic rings. The fraction of sp³-hybridized carbons (Fsp3) is 0.714. The third-order valence-electron chi connectivity index (χ3n) is 5.27. The summed E-state index contributed by atoms with van der Waals surface area (Å²) >= 11 is 0. The third kappa shape index (κ3) is 7.90. The second-order valence-corrected chi connectivity index (χ2v) is 8.17. The Hall–Kier alpha value is -1.13. The number of pyridine rings is 1. The zero-order valence-corrected chi connectivity index (χ0v) is 20.4. The van der Waals surface area contributed by atoms with E-state index in [-0.39, 0.29) is 30.1 Å². The summed E-state index contributed by atoms with van der Waals surface area (Å²) < 4.78 is 5.92. The molecule has 3 rings (SSSR count). The number of aliphatic imine (C=N–C) groups is 1. The predicted octanol–water partition coefficient (Wildman–Crippen LogP) is 2.32. The monoisotopic (exact) mass is 516 g/mol. The van der Waals surface area contributed by atoms with Gasteiger partial charge in [-0.15, -0.1) is 24.0 Å². The van der Waals surface area contributed by atoms with E-state index in [0.29, 0.717) is 5.92 Å². The summed E-state index contributed by atoms with van der Waals surface area (Å²) in [7, 11) is 1.81. The molecule has 164 valence electrons.